The average molecular weight is 393 g/mol. The SMILES string of the molecule is Cn1c(COc2ccc(Cl)cc2Br)nnc1SCC(=O)O. The van der Waals surface area contributed by atoms with Crippen molar-refractivity contribution in [1.82, 2.24) is 14.8 Å². The summed E-state index contributed by atoms with van der Waals surface area (Å²) in [6.07, 6.45) is 0. The zero-order chi connectivity index (χ0) is 15.4. The molecule has 0 aliphatic heterocycles. The van der Waals surface area contributed by atoms with Gasteiger partial charge in [-0.3, -0.25) is 4.79 Å². The van der Waals surface area contributed by atoms with Crippen LogP contribution in [0.3, 0.4) is 0 Å². The van der Waals surface area contributed by atoms with Crippen LogP contribution in [0.1, 0.15) is 5.82 Å². The Kier molecular flexibility index (Phi) is 5.49. The zero-order valence-electron chi connectivity index (χ0n) is 10.9. The molecule has 0 amide bonds. The number of hydrogen-bond donors (Lipinski definition) is 1. The molecule has 0 atom stereocenters. The number of hydrogen-bond acceptors (Lipinski definition) is 5. The first kappa shape index (κ1) is 16.1. The number of halogens is 2. The standard InChI is InChI=1S/C12H11BrClN3O3S/c1-17-10(15-16-12(17)21-6-11(18)19)5-20-9-3-2-7(14)4-8(9)13/h2-4H,5-6H2,1H3,(H,18,19). The fourth-order valence-corrected chi connectivity index (χ4v) is 2.90. The number of carbonyl (C=O) groups is 1. The van der Waals surface area contributed by atoms with Gasteiger partial charge in [-0.1, -0.05) is 23.4 Å². The third-order valence-corrected chi connectivity index (χ3v) is 4.36. The van der Waals surface area contributed by atoms with Crippen molar-refractivity contribution in [3.8, 4) is 5.75 Å². The maximum atomic E-state index is 10.5. The predicted molar refractivity (Wildman–Crippen MR) is 82.8 cm³/mol. The molecule has 0 saturated carbocycles. The molecule has 0 saturated heterocycles. The van der Waals surface area contributed by atoms with Crippen molar-refractivity contribution in [1.29, 1.82) is 0 Å². The summed E-state index contributed by atoms with van der Waals surface area (Å²) in [5.41, 5.74) is 0. The first-order chi connectivity index (χ1) is 9.97. The molecular formula is C12H11BrClN3O3S. The van der Waals surface area contributed by atoms with Gasteiger partial charge in [0, 0.05) is 12.1 Å². The van der Waals surface area contributed by atoms with Crippen molar-refractivity contribution in [2.75, 3.05) is 5.75 Å². The molecule has 0 fully saturated rings. The van der Waals surface area contributed by atoms with Gasteiger partial charge in [-0.15, -0.1) is 10.2 Å². The highest BCUT2D eigenvalue weighted by atomic mass is 79.9. The second kappa shape index (κ2) is 7.15. The Balaban J connectivity index is 2.02. The van der Waals surface area contributed by atoms with Crippen molar-refractivity contribution in [2.45, 2.75) is 11.8 Å². The van der Waals surface area contributed by atoms with Crippen LogP contribution in [0.15, 0.2) is 27.8 Å². The van der Waals surface area contributed by atoms with E-state index in [4.69, 9.17) is 21.4 Å². The van der Waals surface area contributed by atoms with Crippen molar-refractivity contribution in [3.05, 3.63) is 33.5 Å². The van der Waals surface area contributed by atoms with E-state index in [9.17, 15) is 4.79 Å². The molecule has 1 aromatic carbocycles. The lowest BCUT2D eigenvalue weighted by atomic mass is 10.3. The highest BCUT2D eigenvalue weighted by Crippen LogP contribution is 2.28. The predicted octanol–water partition coefficient (Wildman–Crippen LogP) is 2.99. The van der Waals surface area contributed by atoms with E-state index in [1.165, 1.54) is 0 Å². The molecule has 2 aromatic rings. The van der Waals surface area contributed by atoms with Crippen LogP contribution in [0, 0.1) is 0 Å². The molecular weight excluding hydrogens is 382 g/mol. The zero-order valence-corrected chi connectivity index (χ0v) is 14.1. The van der Waals surface area contributed by atoms with Crippen LogP contribution in [0.4, 0.5) is 0 Å². The largest absolute Gasteiger partial charge is 0.484 e. The highest BCUT2D eigenvalue weighted by Gasteiger charge is 2.12. The Morgan fingerprint density at radius 2 is 2.29 bits per heavy atom. The third-order valence-electron chi connectivity index (χ3n) is 2.50. The fourth-order valence-electron chi connectivity index (χ4n) is 1.46. The van der Waals surface area contributed by atoms with Gasteiger partial charge in [0.25, 0.3) is 0 Å². The lowest BCUT2D eigenvalue weighted by molar-refractivity contribution is -0.133. The summed E-state index contributed by atoms with van der Waals surface area (Å²) >= 11 is 10.3. The van der Waals surface area contributed by atoms with Crippen LogP contribution in [0.5, 0.6) is 5.75 Å². The summed E-state index contributed by atoms with van der Waals surface area (Å²) < 4.78 is 8.10. The van der Waals surface area contributed by atoms with Crippen molar-refractivity contribution in [2.24, 2.45) is 7.05 Å². The van der Waals surface area contributed by atoms with E-state index in [1.807, 2.05) is 0 Å². The summed E-state index contributed by atoms with van der Waals surface area (Å²) in [4.78, 5) is 10.5. The molecule has 0 bridgehead atoms. The van der Waals surface area contributed by atoms with Gasteiger partial charge in [0.1, 0.15) is 12.4 Å². The second-order valence-electron chi connectivity index (χ2n) is 4.00. The molecule has 1 N–H and O–H groups in total. The van der Waals surface area contributed by atoms with Crippen LogP contribution in [-0.4, -0.2) is 31.6 Å². The summed E-state index contributed by atoms with van der Waals surface area (Å²) in [6, 6.07) is 5.22. The number of nitrogens with zero attached hydrogens (tertiary/aromatic N) is 3. The second-order valence-corrected chi connectivity index (χ2v) is 6.24. The lowest BCUT2D eigenvalue weighted by Crippen LogP contribution is -2.05. The van der Waals surface area contributed by atoms with Crippen LogP contribution in [0.2, 0.25) is 5.02 Å². The molecule has 6 nitrogen and oxygen atoms in total. The monoisotopic (exact) mass is 391 g/mol. The maximum absolute atomic E-state index is 10.5. The molecule has 0 spiro atoms. The first-order valence-corrected chi connectivity index (χ1v) is 7.93. The van der Waals surface area contributed by atoms with E-state index < -0.39 is 5.97 Å². The lowest BCUT2D eigenvalue weighted by Gasteiger charge is -2.08. The minimum atomic E-state index is -0.897. The number of ether oxygens (including phenoxy) is 1. The molecule has 1 aromatic heterocycles. The van der Waals surface area contributed by atoms with Gasteiger partial charge < -0.3 is 14.4 Å². The molecule has 0 aliphatic rings. The van der Waals surface area contributed by atoms with Gasteiger partial charge in [-0.2, -0.15) is 0 Å². The summed E-state index contributed by atoms with van der Waals surface area (Å²) in [5.74, 6) is 0.285. The molecule has 21 heavy (non-hydrogen) atoms. The smallest absolute Gasteiger partial charge is 0.313 e. The number of benzene rings is 1. The Morgan fingerprint density at radius 3 is 2.95 bits per heavy atom. The Hall–Kier alpha value is -1.25. The molecule has 112 valence electrons. The number of aromatic nitrogens is 3. The number of thioether (sulfide) groups is 1. The molecule has 0 aliphatic carbocycles. The van der Waals surface area contributed by atoms with E-state index in [0.717, 1.165) is 16.2 Å². The number of aliphatic carboxylic acids is 1. The van der Waals surface area contributed by atoms with Gasteiger partial charge >= 0.3 is 5.97 Å². The Bertz CT molecular complexity index is 665. The van der Waals surface area contributed by atoms with Gasteiger partial charge in [0.2, 0.25) is 0 Å². The van der Waals surface area contributed by atoms with Gasteiger partial charge in [0.15, 0.2) is 11.0 Å². The van der Waals surface area contributed by atoms with Gasteiger partial charge in [-0.05, 0) is 34.1 Å². The average Bonchev–Trinajstić information content (AvgIpc) is 2.76. The van der Waals surface area contributed by atoms with E-state index in [2.05, 4.69) is 26.1 Å². The molecule has 0 unspecified atom stereocenters. The van der Waals surface area contributed by atoms with Crippen molar-refractivity contribution in [3.63, 3.8) is 0 Å². The fraction of sp³-hybridized carbons (Fsp3) is 0.250. The molecule has 9 heteroatoms. The maximum Gasteiger partial charge on any atom is 0.313 e. The molecule has 0 radical (unpaired) electrons. The summed E-state index contributed by atoms with van der Waals surface area (Å²) in [7, 11) is 1.76. The first-order valence-electron chi connectivity index (χ1n) is 5.78. The Labute approximate surface area is 138 Å². The number of carboxylic acids is 1. The van der Waals surface area contributed by atoms with Crippen LogP contribution in [-0.2, 0) is 18.4 Å². The van der Waals surface area contributed by atoms with E-state index in [0.29, 0.717) is 21.8 Å². The van der Waals surface area contributed by atoms with Crippen LogP contribution < -0.4 is 4.74 Å². The van der Waals surface area contributed by atoms with Crippen molar-refractivity contribution < 1.29 is 14.6 Å². The number of rotatable bonds is 6. The van der Waals surface area contributed by atoms with Crippen LogP contribution in [0.25, 0.3) is 0 Å². The van der Waals surface area contributed by atoms with Crippen LogP contribution >= 0.6 is 39.3 Å². The number of carboxylic acid groups (broad SMARTS) is 1. The minimum absolute atomic E-state index is 0.0600. The van der Waals surface area contributed by atoms with E-state index in [1.54, 1.807) is 29.8 Å². The quantitative estimate of drug-likeness (QED) is 0.762. The minimum Gasteiger partial charge on any atom is -0.484 e. The summed E-state index contributed by atoms with van der Waals surface area (Å²) in [5, 5.41) is 17.7. The van der Waals surface area contributed by atoms with Gasteiger partial charge in [0.05, 0.1) is 10.2 Å². The molecule has 2 rings (SSSR count). The normalized spacial score (nSPS) is 10.6. The van der Waals surface area contributed by atoms with Gasteiger partial charge in [-0.25, -0.2) is 0 Å². The highest BCUT2D eigenvalue weighted by molar-refractivity contribution is 9.10. The van der Waals surface area contributed by atoms with Crippen molar-refractivity contribution >= 4 is 45.3 Å². The summed E-state index contributed by atoms with van der Waals surface area (Å²) in [6.45, 7) is 0.220. The van der Waals surface area contributed by atoms with E-state index >= 15 is 0 Å². The van der Waals surface area contributed by atoms with E-state index in [-0.39, 0.29) is 12.4 Å². The third kappa shape index (κ3) is 4.36. The topological polar surface area (TPSA) is 77.2 Å². The Morgan fingerprint density at radius 1 is 1.52 bits per heavy atom. The molecule has 1 heterocycles.